The second-order valence-electron chi connectivity index (χ2n) is 7.07. The molecule has 0 atom stereocenters. The van der Waals surface area contributed by atoms with Gasteiger partial charge in [-0.2, -0.15) is 0 Å². The second-order valence-corrected chi connectivity index (χ2v) is 7.07. The van der Waals surface area contributed by atoms with Crippen molar-refractivity contribution in [1.82, 2.24) is 15.3 Å². The molecule has 0 bridgehead atoms. The molecule has 0 saturated carbocycles. The zero-order valence-electron chi connectivity index (χ0n) is 17.9. The van der Waals surface area contributed by atoms with E-state index >= 15 is 0 Å². The van der Waals surface area contributed by atoms with Crippen LogP contribution in [0, 0.1) is 0 Å². The van der Waals surface area contributed by atoms with Gasteiger partial charge < -0.3 is 34.5 Å². The number of ether oxygens (including phenoxy) is 4. The molecule has 31 heavy (non-hydrogen) atoms. The summed E-state index contributed by atoms with van der Waals surface area (Å²) in [5, 5.41) is 5.26. The summed E-state index contributed by atoms with van der Waals surface area (Å²) in [4.78, 5) is 23.2. The van der Waals surface area contributed by atoms with E-state index in [-0.39, 0.29) is 12.3 Å². The molecule has 10 heteroatoms. The maximum Gasteiger partial charge on any atom is 0.318 e. The van der Waals surface area contributed by atoms with Gasteiger partial charge in [0.1, 0.15) is 5.69 Å². The van der Waals surface area contributed by atoms with E-state index in [0.717, 1.165) is 5.56 Å². The molecule has 4 rings (SSSR count). The number of morpholine rings is 1. The quantitative estimate of drug-likeness (QED) is 0.721. The summed E-state index contributed by atoms with van der Waals surface area (Å²) in [6, 6.07) is 7.04. The van der Waals surface area contributed by atoms with Crippen LogP contribution >= 0.6 is 0 Å². The largest absolute Gasteiger partial charge is 0.488 e. The number of nitrogens with one attached hydrogen (secondary N) is 2. The van der Waals surface area contributed by atoms with Crippen LogP contribution in [0.5, 0.6) is 5.75 Å². The third-order valence-electron chi connectivity index (χ3n) is 4.95. The number of amides is 2. The van der Waals surface area contributed by atoms with Crippen LogP contribution in [0.2, 0.25) is 0 Å². The lowest BCUT2D eigenvalue weighted by Gasteiger charge is -2.35. The van der Waals surface area contributed by atoms with Crippen molar-refractivity contribution in [2.24, 2.45) is 0 Å². The molecule has 2 amide bonds. The predicted molar refractivity (Wildman–Crippen MR) is 114 cm³/mol. The normalized spacial score (nSPS) is 20.7. The minimum atomic E-state index is -0.604. The van der Waals surface area contributed by atoms with Crippen molar-refractivity contribution in [1.29, 1.82) is 0 Å². The molecule has 2 aliphatic heterocycles. The summed E-state index contributed by atoms with van der Waals surface area (Å²) in [5.41, 5.74) is 2.04. The van der Waals surface area contributed by atoms with Gasteiger partial charge in [0.25, 0.3) is 0 Å². The first-order chi connectivity index (χ1) is 15.1. The first kappa shape index (κ1) is 21.3. The van der Waals surface area contributed by atoms with Gasteiger partial charge in [-0.05, 0) is 38.1 Å². The van der Waals surface area contributed by atoms with Gasteiger partial charge in [0.2, 0.25) is 6.29 Å². The monoisotopic (exact) mass is 429 g/mol. The van der Waals surface area contributed by atoms with E-state index in [1.54, 1.807) is 19.2 Å². The highest BCUT2D eigenvalue weighted by Gasteiger charge is 2.36. The van der Waals surface area contributed by atoms with E-state index in [1.165, 1.54) is 0 Å². The fraction of sp³-hybridized carbons (Fsp3) is 0.476. The standard InChI is InChI=1S/C21H27N5O5/c1-4-29-17-16(20-30-13(2)31-20)24-18(25-19(17)26-9-11-28-12-10-26)14-5-7-15(8-6-14)23-21(27)22-3/h5-8,13,20H,4,9-12H2,1-3H3,(H2,22,23,27). The molecule has 10 nitrogen and oxygen atoms in total. The van der Waals surface area contributed by atoms with Crippen LogP contribution in [0.25, 0.3) is 11.4 Å². The van der Waals surface area contributed by atoms with E-state index in [4.69, 9.17) is 28.9 Å². The molecule has 1 aromatic carbocycles. The minimum Gasteiger partial charge on any atom is -0.488 e. The second kappa shape index (κ2) is 9.46. The van der Waals surface area contributed by atoms with E-state index in [0.29, 0.717) is 61.7 Å². The number of rotatable bonds is 6. The number of benzene rings is 1. The fourth-order valence-electron chi connectivity index (χ4n) is 3.40. The number of aromatic nitrogens is 2. The van der Waals surface area contributed by atoms with Crippen LogP contribution in [0.1, 0.15) is 25.8 Å². The molecule has 2 fully saturated rings. The van der Waals surface area contributed by atoms with Crippen molar-refractivity contribution in [3.8, 4) is 17.1 Å². The van der Waals surface area contributed by atoms with Gasteiger partial charge in [-0.3, -0.25) is 0 Å². The lowest BCUT2D eigenvalue weighted by atomic mass is 10.1. The van der Waals surface area contributed by atoms with E-state index in [2.05, 4.69) is 15.5 Å². The number of carbonyl (C=O) groups excluding carboxylic acids is 1. The van der Waals surface area contributed by atoms with Crippen molar-refractivity contribution < 1.29 is 23.7 Å². The molecule has 2 saturated heterocycles. The Hall–Kier alpha value is -2.95. The SMILES string of the molecule is CCOc1c(C2OC(C)O2)nc(-c2ccc(NC(=O)NC)cc2)nc1N1CCOCC1. The zero-order valence-corrected chi connectivity index (χ0v) is 17.9. The zero-order chi connectivity index (χ0) is 21.8. The maximum atomic E-state index is 11.5. The van der Waals surface area contributed by atoms with Crippen LogP contribution < -0.4 is 20.3 Å². The molecule has 0 unspecified atom stereocenters. The molecule has 166 valence electrons. The topological polar surface area (TPSA) is 107 Å². The molecule has 0 radical (unpaired) electrons. The number of anilines is 2. The van der Waals surface area contributed by atoms with E-state index < -0.39 is 6.29 Å². The first-order valence-electron chi connectivity index (χ1n) is 10.4. The molecule has 1 aromatic heterocycles. The molecule has 3 heterocycles. The Morgan fingerprint density at radius 2 is 1.90 bits per heavy atom. The van der Waals surface area contributed by atoms with Crippen LogP contribution in [0.15, 0.2) is 24.3 Å². The van der Waals surface area contributed by atoms with Crippen molar-refractivity contribution in [2.75, 3.05) is 50.2 Å². The Morgan fingerprint density at radius 1 is 1.19 bits per heavy atom. The van der Waals surface area contributed by atoms with Crippen molar-refractivity contribution in [3.05, 3.63) is 30.0 Å². The maximum absolute atomic E-state index is 11.5. The van der Waals surface area contributed by atoms with Gasteiger partial charge in [-0.25, -0.2) is 14.8 Å². The molecule has 0 aliphatic carbocycles. The fourth-order valence-corrected chi connectivity index (χ4v) is 3.40. The van der Waals surface area contributed by atoms with Gasteiger partial charge in [-0.15, -0.1) is 0 Å². The highest BCUT2D eigenvalue weighted by molar-refractivity contribution is 5.89. The predicted octanol–water partition coefficient (Wildman–Crippen LogP) is 2.52. The number of urea groups is 1. The van der Waals surface area contributed by atoms with Gasteiger partial charge in [-0.1, -0.05) is 0 Å². The Bertz CT molecular complexity index is 911. The summed E-state index contributed by atoms with van der Waals surface area (Å²) in [6.07, 6.45) is -0.896. The Balaban J connectivity index is 1.73. The van der Waals surface area contributed by atoms with Gasteiger partial charge in [0.05, 0.1) is 19.8 Å². The third kappa shape index (κ3) is 4.71. The lowest BCUT2D eigenvalue weighted by molar-refractivity contribution is -0.384. The number of hydrogen-bond acceptors (Lipinski definition) is 8. The molecule has 0 spiro atoms. The highest BCUT2D eigenvalue weighted by Crippen LogP contribution is 2.41. The van der Waals surface area contributed by atoms with Crippen LogP contribution in [0.4, 0.5) is 16.3 Å². The van der Waals surface area contributed by atoms with Crippen LogP contribution in [0.3, 0.4) is 0 Å². The third-order valence-corrected chi connectivity index (χ3v) is 4.95. The summed E-state index contributed by atoms with van der Waals surface area (Å²) >= 11 is 0. The van der Waals surface area contributed by atoms with Gasteiger partial charge in [0, 0.05) is 31.4 Å². The molecule has 2 aromatic rings. The first-order valence-corrected chi connectivity index (χ1v) is 10.4. The number of hydrogen-bond donors (Lipinski definition) is 2. The lowest BCUT2D eigenvalue weighted by Crippen LogP contribution is -2.38. The summed E-state index contributed by atoms with van der Waals surface area (Å²) in [7, 11) is 1.57. The molecular weight excluding hydrogens is 402 g/mol. The molecule has 2 N–H and O–H groups in total. The van der Waals surface area contributed by atoms with Crippen molar-refractivity contribution >= 4 is 17.5 Å². The average molecular weight is 429 g/mol. The van der Waals surface area contributed by atoms with Gasteiger partial charge >= 0.3 is 6.03 Å². The van der Waals surface area contributed by atoms with E-state index in [9.17, 15) is 4.79 Å². The Kier molecular flexibility index (Phi) is 6.50. The van der Waals surface area contributed by atoms with Crippen molar-refractivity contribution in [2.45, 2.75) is 26.4 Å². The number of nitrogens with zero attached hydrogens (tertiary/aromatic N) is 3. The highest BCUT2D eigenvalue weighted by atomic mass is 16.9. The molecular formula is C21H27N5O5. The summed E-state index contributed by atoms with van der Waals surface area (Å²) in [5.74, 6) is 1.80. The smallest absolute Gasteiger partial charge is 0.318 e. The Labute approximate surface area is 180 Å². The Morgan fingerprint density at radius 3 is 2.52 bits per heavy atom. The number of carbonyl (C=O) groups is 1. The van der Waals surface area contributed by atoms with Crippen LogP contribution in [-0.2, 0) is 14.2 Å². The van der Waals surface area contributed by atoms with Crippen molar-refractivity contribution in [3.63, 3.8) is 0 Å². The van der Waals surface area contributed by atoms with Crippen LogP contribution in [-0.4, -0.2) is 62.2 Å². The minimum absolute atomic E-state index is 0.282. The average Bonchev–Trinajstić information content (AvgIpc) is 2.78. The molecule has 2 aliphatic rings. The summed E-state index contributed by atoms with van der Waals surface area (Å²) in [6.45, 7) is 6.86. The van der Waals surface area contributed by atoms with Gasteiger partial charge in [0.15, 0.2) is 23.7 Å². The van der Waals surface area contributed by atoms with E-state index in [1.807, 2.05) is 26.0 Å². The summed E-state index contributed by atoms with van der Waals surface area (Å²) < 4.78 is 22.9.